The van der Waals surface area contributed by atoms with Crippen LogP contribution in [-0.2, 0) is 16.1 Å². The Balaban J connectivity index is 1.88. The minimum Gasteiger partial charge on any atom is -0.497 e. The largest absolute Gasteiger partial charge is 0.497 e. The molecule has 2 aromatic carbocycles. The Bertz CT molecular complexity index is 664. The van der Waals surface area contributed by atoms with E-state index in [1.54, 1.807) is 43.5 Å². The molecule has 0 aliphatic rings. The maximum absolute atomic E-state index is 12.0. The molecule has 0 spiro atoms. The minimum absolute atomic E-state index is 0.169. The van der Waals surface area contributed by atoms with Gasteiger partial charge in [-0.05, 0) is 42.0 Å². The number of methoxy groups -OCH3 is 1. The van der Waals surface area contributed by atoms with E-state index in [0.717, 1.165) is 11.3 Å². The van der Waals surface area contributed by atoms with Crippen molar-refractivity contribution in [3.63, 3.8) is 0 Å². The van der Waals surface area contributed by atoms with Gasteiger partial charge in [0.15, 0.2) is 6.61 Å². The average molecular weight is 315 g/mol. The molecule has 0 saturated heterocycles. The van der Waals surface area contributed by atoms with E-state index in [2.05, 4.69) is 0 Å². The van der Waals surface area contributed by atoms with Gasteiger partial charge in [-0.15, -0.1) is 0 Å². The van der Waals surface area contributed by atoms with Gasteiger partial charge in [0.2, 0.25) is 0 Å². The Kier molecular flexibility index (Phi) is 5.57. The second-order valence-electron chi connectivity index (χ2n) is 4.70. The molecule has 2 rings (SSSR count). The monoisotopic (exact) mass is 315 g/mol. The number of ether oxygens (including phenoxy) is 3. The van der Waals surface area contributed by atoms with Crippen LogP contribution in [-0.4, -0.2) is 25.6 Å². The Morgan fingerprint density at radius 3 is 2.13 bits per heavy atom. The van der Waals surface area contributed by atoms with Crippen LogP contribution in [0.15, 0.2) is 48.5 Å². The van der Waals surface area contributed by atoms with Gasteiger partial charge < -0.3 is 19.9 Å². The van der Waals surface area contributed by atoms with E-state index in [4.69, 9.17) is 19.9 Å². The number of carbonyl (C=O) groups is 2. The van der Waals surface area contributed by atoms with Crippen LogP contribution < -0.4 is 15.2 Å². The Morgan fingerprint density at radius 2 is 1.57 bits per heavy atom. The zero-order valence-electron chi connectivity index (χ0n) is 12.7. The third-order valence-corrected chi connectivity index (χ3v) is 3.00. The van der Waals surface area contributed by atoms with Gasteiger partial charge >= 0.3 is 5.97 Å². The molecule has 0 aromatic heterocycles. The molecule has 0 heterocycles. The van der Waals surface area contributed by atoms with Crippen molar-refractivity contribution in [2.45, 2.75) is 6.61 Å². The van der Waals surface area contributed by atoms with E-state index in [0.29, 0.717) is 11.3 Å². The lowest BCUT2D eigenvalue weighted by molar-refractivity contribution is -0.119. The van der Waals surface area contributed by atoms with E-state index < -0.39 is 11.9 Å². The van der Waals surface area contributed by atoms with Gasteiger partial charge in [0, 0.05) is 0 Å². The van der Waals surface area contributed by atoms with Gasteiger partial charge in [0.1, 0.15) is 18.1 Å². The fourth-order valence-electron chi connectivity index (χ4n) is 1.80. The molecule has 120 valence electrons. The van der Waals surface area contributed by atoms with Crippen molar-refractivity contribution in [2.75, 3.05) is 13.7 Å². The molecule has 2 aromatic rings. The summed E-state index contributed by atoms with van der Waals surface area (Å²) in [5.74, 6) is 0.192. The Hall–Kier alpha value is -3.02. The lowest BCUT2D eigenvalue weighted by atomic mass is 10.2. The summed E-state index contributed by atoms with van der Waals surface area (Å²) in [5, 5.41) is 0. The van der Waals surface area contributed by atoms with Crippen LogP contribution in [0.25, 0.3) is 0 Å². The summed E-state index contributed by atoms with van der Waals surface area (Å²) in [4.78, 5) is 22.6. The first kappa shape index (κ1) is 16.4. The standard InChI is InChI=1S/C17H17NO5/c1-21-14-6-2-12(3-7-14)10-23-17(20)13-4-8-15(9-5-13)22-11-16(18)19/h2-9H,10-11H2,1H3,(H2,18,19). The highest BCUT2D eigenvalue weighted by Crippen LogP contribution is 2.15. The first-order chi connectivity index (χ1) is 11.1. The summed E-state index contributed by atoms with van der Waals surface area (Å²) in [5.41, 5.74) is 6.24. The quantitative estimate of drug-likeness (QED) is 0.789. The second kappa shape index (κ2) is 7.84. The van der Waals surface area contributed by atoms with Crippen LogP contribution in [0.1, 0.15) is 15.9 Å². The van der Waals surface area contributed by atoms with Crippen LogP contribution in [0.4, 0.5) is 0 Å². The lowest BCUT2D eigenvalue weighted by Crippen LogP contribution is -2.20. The molecule has 2 N–H and O–H groups in total. The molecule has 0 aliphatic carbocycles. The third kappa shape index (κ3) is 5.03. The molecule has 6 nitrogen and oxygen atoms in total. The molecule has 0 saturated carbocycles. The van der Waals surface area contributed by atoms with Gasteiger partial charge in [-0.2, -0.15) is 0 Å². The fourth-order valence-corrected chi connectivity index (χ4v) is 1.80. The second-order valence-corrected chi connectivity index (χ2v) is 4.70. The van der Waals surface area contributed by atoms with E-state index in [-0.39, 0.29) is 13.2 Å². The maximum Gasteiger partial charge on any atom is 0.338 e. The van der Waals surface area contributed by atoms with Crippen molar-refractivity contribution in [1.82, 2.24) is 0 Å². The fraction of sp³-hybridized carbons (Fsp3) is 0.176. The zero-order chi connectivity index (χ0) is 16.7. The van der Waals surface area contributed by atoms with Gasteiger partial charge in [0.05, 0.1) is 12.7 Å². The molecule has 0 atom stereocenters. The highest BCUT2D eigenvalue weighted by molar-refractivity contribution is 5.89. The van der Waals surface area contributed by atoms with Gasteiger partial charge in [-0.25, -0.2) is 4.79 Å². The highest BCUT2D eigenvalue weighted by atomic mass is 16.5. The van der Waals surface area contributed by atoms with Gasteiger partial charge in [-0.1, -0.05) is 12.1 Å². The Labute approximate surface area is 133 Å². The average Bonchev–Trinajstić information content (AvgIpc) is 2.58. The number of rotatable bonds is 7. The first-order valence-corrected chi connectivity index (χ1v) is 6.89. The summed E-state index contributed by atoms with van der Waals surface area (Å²) in [7, 11) is 1.59. The predicted octanol–water partition coefficient (Wildman–Crippen LogP) is 1.92. The summed E-state index contributed by atoms with van der Waals surface area (Å²) < 4.78 is 15.4. The summed E-state index contributed by atoms with van der Waals surface area (Å²) in [6.07, 6.45) is 0. The SMILES string of the molecule is COc1ccc(COC(=O)c2ccc(OCC(N)=O)cc2)cc1. The van der Waals surface area contributed by atoms with Gasteiger partial charge in [-0.3, -0.25) is 4.79 Å². The van der Waals surface area contributed by atoms with Crippen molar-refractivity contribution in [3.05, 3.63) is 59.7 Å². The number of nitrogens with two attached hydrogens (primary N) is 1. The normalized spacial score (nSPS) is 9.96. The van der Waals surface area contributed by atoms with Crippen LogP contribution in [0, 0.1) is 0 Å². The summed E-state index contributed by atoms with van der Waals surface area (Å²) >= 11 is 0. The number of carbonyl (C=O) groups excluding carboxylic acids is 2. The van der Waals surface area contributed by atoms with E-state index in [1.165, 1.54) is 0 Å². The Morgan fingerprint density at radius 1 is 0.957 bits per heavy atom. The summed E-state index contributed by atoms with van der Waals surface area (Å²) in [6.45, 7) is -0.0377. The highest BCUT2D eigenvalue weighted by Gasteiger charge is 2.08. The molecule has 1 amide bonds. The third-order valence-electron chi connectivity index (χ3n) is 3.00. The zero-order valence-corrected chi connectivity index (χ0v) is 12.7. The molecular formula is C17H17NO5. The van der Waals surface area contributed by atoms with Crippen molar-refractivity contribution < 1.29 is 23.8 Å². The van der Waals surface area contributed by atoms with Crippen LogP contribution in [0.2, 0.25) is 0 Å². The number of amides is 1. The number of benzene rings is 2. The minimum atomic E-state index is -0.562. The first-order valence-electron chi connectivity index (χ1n) is 6.89. The van der Waals surface area contributed by atoms with Crippen molar-refractivity contribution >= 4 is 11.9 Å². The molecule has 23 heavy (non-hydrogen) atoms. The van der Waals surface area contributed by atoms with Gasteiger partial charge in [0.25, 0.3) is 5.91 Å². The number of hydrogen-bond donors (Lipinski definition) is 1. The lowest BCUT2D eigenvalue weighted by Gasteiger charge is -2.07. The topological polar surface area (TPSA) is 87.8 Å². The molecule has 0 unspecified atom stereocenters. The van der Waals surface area contributed by atoms with Crippen LogP contribution in [0.5, 0.6) is 11.5 Å². The molecule has 0 radical (unpaired) electrons. The molecule has 0 fully saturated rings. The molecule has 6 heteroatoms. The van der Waals surface area contributed by atoms with E-state index >= 15 is 0 Å². The molecule has 0 aliphatic heterocycles. The predicted molar refractivity (Wildman–Crippen MR) is 83.2 cm³/mol. The molecular weight excluding hydrogens is 298 g/mol. The van der Waals surface area contributed by atoms with E-state index in [9.17, 15) is 9.59 Å². The van der Waals surface area contributed by atoms with Crippen molar-refractivity contribution in [3.8, 4) is 11.5 Å². The van der Waals surface area contributed by atoms with Crippen molar-refractivity contribution in [2.24, 2.45) is 5.73 Å². The number of esters is 1. The molecule has 0 bridgehead atoms. The summed E-state index contributed by atoms with van der Waals surface area (Å²) in [6, 6.07) is 13.5. The number of primary amides is 1. The van der Waals surface area contributed by atoms with Crippen molar-refractivity contribution in [1.29, 1.82) is 0 Å². The van der Waals surface area contributed by atoms with Crippen LogP contribution >= 0.6 is 0 Å². The van der Waals surface area contributed by atoms with E-state index in [1.807, 2.05) is 12.1 Å². The maximum atomic E-state index is 12.0. The van der Waals surface area contributed by atoms with Crippen LogP contribution in [0.3, 0.4) is 0 Å². The smallest absolute Gasteiger partial charge is 0.338 e. The number of hydrogen-bond acceptors (Lipinski definition) is 5.